The molecule has 6 heteroatoms. The van der Waals surface area contributed by atoms with E-state index in [1.165, 1.54) is 12.3 Å². The van der Waals surface area contributed by atoms with Crippen LogP contribution in [0.2, 0.25) is 10.0 Å². The molecule has 0 amide bonds. The summed E-state index contributed by atoms with van der Waals surface area (Å²) in [6.07, 6.45) is 3.07. The number of pyridine rings is 2. The van der Waals surface area contributed by atoms with E-state index in [1.54, 1.807) is 12.3 Å². The van der Waals surface area contributed by atoms with Crippen LogP contribution in [0.5, 0.6) is 0 Å². The highest BCUT2D eigenvalue weighted by molar-refractivity contribution is 6.30. The van der Waals surface area contributed by atoms with Crippen LogP contribution in [0.4, 0.5) is 10.2 Å². The monoisotopic (exact) mass is 347 g/mol. The normalized spacial score (nSPS) is 12.0. The lowest BCUT2D eigenvalue weighted by molar-refractivity contribution is 0.622. The Kier molecular flexibility index (Phi) is 4.74. The number of benzene rings is 1. The van der Waals surface area contributed by atoms with E-state index in [4.69, 9.17) is 23.2 Å². The van der Waals surface area contributed by atoms with Gasteiger partial charge in [-0.2, -0.15) is 0 Å². The van der Waals surface area contributed by atoms with Crippen LogP contribution in [0.25, 0.3) is 0 Å². The third kappa shape index (κ3) is 3.78. The standard InChI is InChI=1S/C17H12Cl2FN3/c18-12-5-3-4-11(8-12)16(15-6-1-2-7-21-15)23-17-14(20)9-13(19)10-22-17/h1-10,16H,(H,22,23). The lowest BCUT2D eigenvalue weighted by Crippen LogP contribution is -2.15. The lowest BCUT2D eigenvalue weighted by Gasteiger charge is -2.20. The van der Waals surface area contributed by atoms with Crippen molar-refractivity contribution in [2.24, 2.45) is 0 Å². The first kappa shape index (κ1) is 15.7. The molecule has 2 aromatic heterocycles. The van der Waals surface area contributed by atoms with Crippen molar-refractivity contribution in [2.75, 3.05) is 5.32 Å². The van der Waals surface area contributed by atoms with Crippen LogP contribution < -0.4 is 5.32 Å². The van der Waals surface area contributed by atoms with Crippen LogP contribution >= 0.6 is 23.2 Å². The number of rotatable bonds is 4. The minimum Gasteiger partial charge on any atom is -0.355 e. The molecule has 3 aromatic rings. The topological polar surface area (TPSA) is 37.8 Å². The van der Waals surface area contributed by atoms with Gasteiger partial charge in [-0.05, 0) is 35.9 Å². The van der Waals surface area contributed by atoms with Gasteiger partial charge in [-0.1, -0.05) is 41.4 Å². The van der Waals surface area contributed by atoms with Crippen molar-refractivity contribution in [3.8, 4) is 0 Å². The summed E-state index contributed by atoms with van der Waals surface area (Å²) in [4.78, 5) is 8.36. The highest BCUT2D eigenvalue weighted by atomic mass is 35.5. The van der Waals surface area contributed by atoms with E-state index in [-0.39, 0.29) is 10.8 Å². The maximum Gasteiger partial charge on any atom is 0.166 e. The molecule has 1 N–H and O–H groups in total. The summed E-state index contributed by atoms with van der Waals surface area (Å²) in [6, 6.07) is 13.7. The maximum atomic E-state index is 14.1. The Hall–Kier alpha value is -2.17. The van der Waals surface area contributed by atoms with Gasteiger partial charge in [0.2, 0.25) is 0 Å². The maximum absolute atomic E-state index is 14.1. The molecule has 3 rings (SSSR count). The molecule has 0 aliphatic rings. The van der Waals surface area contributed by atoms with E-state index in [0.29, 0.717) is 5.02 Å². The third-order valence-corrected chi connectivity index (χ3v) is 3.70. The number of nitrogens with zero attached hydrogens (tertiary/aromatic N) is 2. The summed E-state index contributed by atoms with van der Waals surface area (Å²) in [5.41, 5.74) is 1.58. The SMILES string of the molecule is Fc1cc(Cl)cnc1NC(c1cccc(Cl)c1)c1ccccn1. The number of anilines is 1. The van der Waals surface area contributed by atoms with Crippen LogP contribution in [0.15, 0.2) is 60.9 Å². The predicted molar refractivity (Wildman–Crippen MR) is 90.4 cm³/mol. The Morgan fingerprint density at radius 2 is 1.83 bits per heavy atom. The van der Waals surface area contributed by atoms with Crippen LogP contribution in [0.1, 0.15) is 17.3 Å². The molecule has 0 bridgehead atoms. The summed E-state index contributed by atoms with van der Waals surface area (Å²) in [7, 11) is 0. The molecule has 116 valence electrons. The van der Waals surface area contributed by atoms with Gasteiger partial charge in [0.05, 0.1) is 16.8 Å². The molecule has 0 saturated heterocycles. The summed E-state index contributed by atoms with van der Waals surface area (Å²) < 4.78 is 14.1. The highest BCUT2D eigenvalue weighted by Crippen LogP contribution is 2.28. The van der Waals surface area contributed by atoms with Gasteiger partial charge in [0.1, 0.15) is 0 Å². The van der Waals surface area contributed by atoms with Gasteiger partial charge in [-0.25, -0.2) is 9.37 Å². The molecule has 1 unspecified atom stereocenters. The van der Waals surface area contributed by atoms with Gasteiger partial charge in [0.15, 0.2) is 11.6 Å². The third-order valence-electron chi connectivity index (χ3n) is 3.25. The predicted octanol–water partition coefficient (Wildman–Crippen LogP) is 5.12. The average molecular weight is 348 g/mol. The van der Waals surface area contributed by atoms with E-state index < -0.39 is 11.9 Å². The fraction of sp³-hybridized carbons (Fsp3) is 0.0588. The number of hydrogen-bond donors (Lipinski definition) is 1. The fourth-order valence-electron chi connectivity index (χ4n) is 2.22. The average Bonchev–Trinajstić information content (AvgIpc) is 2.55. The van der Waals surface area contributed by atoms with Crippen LogP contribution in [0.3, 0.4) is 0 Å². The molecule has 23 heavy (non-hydrogen) atoms. The fourth-order valence-corrected chi connectivity index (χ4v) is 2.56. The number of aromatic nitrogens is 2. The van der Waals surface area contributed by atoms with Gasteiger partial charge >= 0.3 is 0 Å². The largest absolute Gasteiger partial charge is 0.355 e. The first-order valence-corrected chi connectivity index (χ1v) is 7.63. The second-order valence-electron chi connectivity index (χ2n) is 4.87. The molecular weight excluding hydrogens is 336 g/mol. The van der Waals surface area contributed by atoms with Crippen molar-refractivity contribution in [3.05, 3.63) is 88.0 Å². The van der Waals surface area contributed by atoms with Crippen LogP contribution in [-0.4, -0.2) is 9.97 Å². The van der Waals surface area contributed by atoms with Gasteiger partial charge in [-0.15, -0.1) is 0 Å². The molecule has 0 saturated carbocycles. The molecule has 1 atom stereocenters. The van der Waals surface area contributed by atoms with Crippen molar-refractivity contribution in [1.82, 2.24) is 9.97 Å². The number of halogens is 3. The Balaban J connectivity index is 2.02. The first-order chi connectivity index (χ1) is 11.1. The van der Waals surface area contributed by atoms with E-state index >= 15 is 0 Å². The minimum absolute atomic E-state index is 0.102. The Labute approximate surface area is 143 Å². The van der Waals surface area contributed by atoms with E-state index in [1.807, 2.05) is 36.4 Å². The molecule has 0 aliphatic heterocycles. The van der Waals surface area contributed by atoms with Gasteiger partial charge < -0.3 is 5.32 Å². The number of nitrogens with one attached hydrogen (secondary N) is 1. The van der Waals surface area contributed by atoms with E-state index in [9.17, 15) is 4.39 Å². The zero-order chi connectivity index (χ0) is 16.2. The van der Waals surface area contributed by atoms with Gasteiger partial charge in [0.25, 0.3) is 0 Å². The Morgan fingerprint density at radius 3 is 2.52 bits per heavy atom. The van der Waals surface area contributed by atoms with E-state index in [0.717, 1.165) is 11.3 Å². The Morgan fingerprint density at radius 1 is 0.957 bits per heavy atom. The molecular formula is C17H12Cl2FN3. The van der Waals surface area contributed by atoms with Crippen LogP contribution in [-0.2, 0) is 0 Å². The van der Waals surface area contributed by atoms with Gasteiger partial charge in [0, 0.05) is 17.4 Å². The highest BCUT2D eigenvalue weighted by Gasteiger charge is 2.18. The van der Waals surface area contributed by atoms with Crippen molar-refractivity contribution in [3.63, 3.8) is 0 Å². The molecule has 0 fully saturated rings. The quantitative estimate of drug-likeness (QED) is 0.711. The number of hydrogen-bond acceptors (Lipinski definition) is 3. The second-order valence-corrected chi connectivity index (χ2v) is 5.74. The zero-order valence-electron chi connectivity index (χ0n) is 11.9. The van der Waals surface area contributed by atoms with Crippen LogP contribution in [0, 0.1) is 5.82 Å². The molecule has 0 spiro atoms. The smallest absolute Gasteiger partial charge is 0.166 e. The summed E-state index contributed by atoms with van der Waals surface area (Å²) in [6.45, 7) is 0. The summed E-state index contributed by atoms with van der Waals surface area (Å²) >= 11 is 11.8. The van der Waals surface area contributed by atoms with Crippen molar-refractivity contribution < 1.29 is 4.39 Å². The van der Waals surface area contributed by atoms with Crippen molar-refractivity contribution >= 4 is 29.0 Å². The van der Waals surface area contributed by atoms with Crippen molar-refractivity contribution in [2.45, 2.75) is 6.04 Å². The molecule has 0 aliphatic carbocycles. The van der Waals surface area contributed by atoms with Gasteiger partial charge in [-0.3, -0.25) is 4.98 Å². The molecule has 2 heterocycles. The first-order valence-electron chi connectivity index (χ1n) is 6.87. The minimum atomic E-state index is -0.527. The summed E-state index contributed by atoms with van der Waals surface area (Å²) in [5.74, 6) is -0.425. The zero-order valence-corrected chi connectivity index (χ0v) is 13.4. The Bertz CT molecular complexity index is 812. The lowest BCUT2D eigenvalue weighted by atomic mass is 10.0. The summed E-state index contributed by atoms with van der Waals surface area (Å²) in [5, 5.41) is 3.90. The van der Waals surface area contributed by atoms with Crippen molar-refractivity contribution in [1.29, 1.82) is 0 Å². The molecule has 0 radical (unpaired) electrons. The molecule has 1 aromatic carbocycles. The molecule has 3 nitrogen and oxygen atoms in total. The second kappa shape index (κ2) is 6.94. The van der Waals surface area contributed by atoms with E-state index in [2.05, 4.69) is 15.3 Å².